The second-order valence-corrected chi connectivity index (χ2v) is 13.4. The van der Waals surface area contributed by atoms with Gasteiger partial charge in [-0.25, -0.2) is 0 Å². The van der Waals surface area contributed by atoms with Crippen molar-refractivity contribution in [3.8, 4) is 27.9 Å². The van der Waals surface area contributed by atoms with E-state index in [1.54, 1.807) is 0 Å². The Morgan fingerprint density at radius 3 is 2.09 bits per heavy atom. The van der Waals surface area contributed by atoms with E-state index in [1.165, 1.54) is 82.8 Å². The fourth-order valence-corrected chi connectivity index (χ4v) is 7.80. The Labute approximate surface area is 276 Å². The molecule has 1 aromatic heterocycles. The van der Waals surface area contributed by atoms with E-state index in [0.717, 1.165) is 6.42 Å². The fraction of sp³-hybridized carbons (Fsp3) is 0.0870. The first kappa shape index (κ1) is 27.6. The maximum Gasteiger partial charge on any atom is 0.0541 e. The third-order valence-electron chi connectivity index (χ3n) is 10.2. The second-order valence-electron chi connectivity index (χ2n) is 13.4. The second kappa shape index (κ2) is 10.7. The fourth-order valence-electron chi connectivity index (χ4n) is 7.80. The summed E-state index contributed by atoms with van der Waals surface area (Å²) in [5.74, 6) is 0. The summed E-state index contributed by atoms with van der Waals surface area (Å²) >= 11 is 0. The highest BCUT2D eigenvalue weighted by molar-refractivity contribution is 6.10. The number of nitrogens with zero attached hydrogens (tertiary/aromatic N) is 1. The minimum atomic E-state index is -0.0200. The Balaban J connectivity index is 1.01. The van der Waals surface area contributed by atoms with E-state index >= 15 is 0 Å². The van der Waals surface area contributed by atoms with Crippen molar-refractivity contribution in [2.75, 3.05) is 0 Å². The lowest BCUT2D eigenvalue weighted by molar-refractivity contribution is 0.661. The van der Waals surface area contributed by atoms with Crippen molar-refractivity contribution in [2.24, 2.45) is 0 Å². The topological polar surface area (TPSA) is 4.93 Å². The lowest BCUT2D eigenvalue weighted by Crippen LogP contribution is -2.14. The molecule has 0 radical (unpaired) electrons. The number of fused-ring (bicyclic) bond motifs is 7. The summed E-state index contributed by atoms with van der Waals surface area (Å²) in [4.78, 5) is 0. The van der Waals surface area contributed by atoms with Crippen LogP contribution in [0.3, 0.4) is 0 Å². The molecule has 0 unspecified atom stereocenters. The van der Waals surface area contributed by atoms with Crippen molar-refractivity contribution >= 4 is 38.7 Å². The first-order chi connectivity index (χ1) is 23.1. The van der Waals surface area contributed by atoms with Crippen LogP contribution in [0.1, 0.15) is 36.1 Å². The number of benzene rings is 7. The van der Waals surface area contributed by atoms with Crippen LogP contribution in [0.5, 0.6) is 0 Å². The van der Waals surface area contributed by atoms with Gasteiger partial charge in [-0.3, -0.25) is 0 Å². The molecule has 0 N–H and O–H groups in total. The molecule has 9 rings (SSSR count). The predicted octanol–water partition coefficient (Wildman–Crippen LogP) is 12.2. The molecule has 1 heteroatoms. The molecular weight excluding hydrogens is 567 g/mol. The molecule has 0 spiro atoms. The van der Waals surface area contributed by atoms with Crippen molar-refractivity contribution in [3.63, 3.8) is 0 Å². The van der Waals surface area contributed by atoms with Crippen molar-refractivity contribution in [2.45, 2.75) is 25.7 Å². The van der Waals surface area contributed by atoms with E-state index in [4.69, 9.17) is 0 Å². The lowest BCUT2D eigenvalue weighted by atomic mass is 9.81. The summed E-state index contributed by atoms with van der Waals surface area (Å²) < 4.78 is 2.37. The minimum Gasteiger partial charge on any atom is -0.309 e. The first-order valence-electron chi connectivity index (χ1n) is 16.6. The van der Waals surface area contributed by atoms with Crippen molar-refractivity contribution in [1.82, 2.24) is 4.57 Å². The van der Waals surface area contributed by atoms with Gasteiger partial charge in [-0.15, -0.1) is 0 Å². The van der Waals surface area contributed by atoms with Gasteiger partial charge in [-0.1, -0.05) is 135 Å². The first-order valence-corrected chi connectivity index (χ1v) is 16.6. The Bertz CT molecular complexity index is 2490. The van der Waals surface area contributed by atoms with E-state index in [9.17, 15) is 0 Å². The number of hydrogen-bond acceptors (Lipinski definition) is 0. The molecule has 0 bridgehead atoms. The van der Waals surface area contributed by atoms with Crippen LogP contribution in [0.25, 0.3) is 66.6 Å². The van der Waals surface area contributed by atoms with Crippen LogP contribution in [-0.4, -0.2) is 4.57 Å². The number of allylic oxidation sites excluding steroid dienone is 1. The number of para-hydroxylation sites is 2. The summed E-state index contributed by atoms with van der Waals surface area (Å²) in [5.41, 5.74) is 14.3. The Hall–Kier alpha value is -5.66. The summed E-state index contributed by atoms with van der Waals surface area (Å²) in [7, 11) is 0. The van der Waals surface area contributed by atoms with Gasteiger partial charge >= 0.3 is 0 Å². The smallest absolute Gasteiger partial charge is 0.0541 e. The van der Waals surface area contributed by atoms with Gasteiger partial charge in [0.1, 0.15) is 0 Å². The number of rotatable bonds is 5. The van der Waals surface area contributed by atoms with E-state index in [0.29, 0.717) is 0 Å². The van der Waals surface area contributed by atoms with Crippen molar-refractivity contribution in [3.05, 3.63) is 180 Å². The van der Waals surface area contributed by atoms with E-state index in [2.05, 4.69) is 182 Å². The van der Waals surface area contributed by atoms with Crippen LogP contribution in [0.15, 0.2) is 158 Å². The van der Waals surface area contributed by atoms with Crippen LogP contribution >= 0.6 is 0 Å². The van der Waals surface area contributed by atoms with Crippen LogP contribution in [-0.2, 0) is 11.8 Å². The normalized spacial score (nSPS) is 13.5. The average molecular weight is 602 g/mol. The van der Waals surface area contributed by atoms with Gasteiger partial charge < -0.3 is 4.57 Å². The molecule has 8 aromatic rings. The molecule has 0 atom stereocenters. The lowest BCUT2D eigenvalue weighted by Gasteiger charge is -2.21. The SMILES string of the molecule is CC1(C)c2cc3ccccc3cc2-c2c(/C=C/Cc3ccc(-c4ccc5c(c4)c4ccccc4n5-c4ccccc4)cc3)cccc21. The van der Waals surface area contributed by atoms with Gasteiger partial charge in [0.2, 0.25) is 0 Å². The van der Waals surface area contributed by atoms with Crippen LogP contribution < -0.4 is 0 Å². The maximum absolute atomic E-state index is 2.40. The Kier molecular flexibility index (Phi) is 6.30. The zero-order chi connectivity index (χ0) is 31.5. The van der Waals surface area contributed by atoms with E-state index in [-0.39, 0.29) is 5.41 Å². The molecule has 0 aliphatic heterocycles. The van der Waals surface area contributed by atoms with Gasteiger partial charge in [0.15, 0.2) is 0 Å². The van der Waals surface area contributed by atoms with Gasteiger partial charge in [0.05, 0.1) is 11.0 Å². The molecule has 0 saturated heterocycles. The van der Waals surface area contributed by atoms with Crippen LogP contribution in [0, 0.1) is 0 Å². The zero-order valence-electron chi connectivity index (χ0n) is 26.7. The monoisotopic (exact) mass is 601 g/mol. The molecule has 7 aromatic carbocycles. The molecule has 0 amide bonds. The maximum atomic E-state index is 2.40. The van der Waals surface area contributed by atoms with Gasteiger partial charge in [-0.05, 0) is 104 Å². The molecule has 0 saturated carbocycles. The molecule has 47 heavy (non-hydrogen) atoms. The summed E-state index contributed by atoms with van der Waals surface area (Å²) in [6.45, 7) is 4.72. The quantitative estimate of drug-likeness (QED) is 0.185. The highest BCUT2D eigenvalue weighted by Gasteiger charge is 2.36. The number of hydrogen-bond donors (Lipinski definition) is 0. The molecule has 1 aliphatic carbocycles. The zero-order valence-corrected chi connectivity index (χ0v) is 26.7. The molecule has 1 aliphatic rings. The molecular formula is C46H35N. The molecule has 1 heterocycles. The van der Waals surface area contributed by atoms with E-state index < -0.39 is 0 Å². The van der Waals surface area contributed by atoms with Gasteiger partial charge in [0.25, 0.3) is 0 Å². The molecule has 224 valence electrons. The van der Waals surface area contributed by atoms with Gasteiger partial charge in [0, 0.05) is 21.9 Å². The largest absolute Gasteiger partial charge is 0.309 e. The minimum absolute atomic E-state index is 0.0200. The summed E-state index contributed by atoms with van der Waals surface area (Å²) in [5, 5.41) is 5.17. The standard InChI is InChI=1S/C46H35N/c1-46(2)41-20-11-16-33(45(41)40-29-34-13-6-7-14-35(34)30-42(40)46)15-10-12-31-22-24-32(25-23-31)36-26-27-44-39(28-36)38-19-8-9-21-43(38)47(44)37-17-4-3-5-18-37/h3-11,13-30H,12H2,1-2H3/b15-10+. The number of aromatic nitrogens is 1. The highest BCUT2D eigenvalue weighted by atomic mass is 15.0. The van der Waals surface area contributed by atoms with Gasteiger partial charge in [-0.2, -0.15) is 0 Å². The van der Waals surface area contributed by atoms with Crippen molar-refractivity contribution < 1.29 is 0 Å². The molecule has 1 nitrogen and oxygen atoms in total. The third kappa shape index (κ3) is 4.46. The van der Waals surface area contributed by atoms with Crippen LogP contribution in [0.4, 0.5) is 0 Å². The van der Waals surface area contributed by atoms with Crippen molar-refractivity contribution in [1.29, 1.82) is 0 Å². The van der Waals surface area contributed by atoms with E-state index in [1.807, 2.05) is 0 Å². The Morgan fingerprint density at radius 2 is 1.26 bits per heavy atom. The summed E-state index contributed by atoms with van der Waals surface area (Å²) in [6, 6.07) is 55.6. The average Bonchev–Trinajstić information content (AvgIpc) is 3.56. The third-order valence-corrected chi connectivity index (χ3v) is 10.2. The molecule has 0 fully saturated rings. The highest BCUT2D eigenvalue weighted by Crippen LogP contribution is 2.51. The van der Waals surface area contributed by atoms with Crippen LogP contribution in [0.2, 0.25) is 0 Å². The Morgan fingerprint density at radius 1 is 0.553 bits per heavy atom. The predicted molar refractivity (Wildman–Crippen MR) is 200 cm³/mol. The summed E-state index contributed by atoms with van der Waals surface area (Å²) in [6.07, 6.45) is 5.53.